The summed E-state index contributed by atoms with van der Waals surface area (Å²) in [7, 11) is 3.26. The van der Waals surface area contributed by atoms with Crippen LogP contribution >= 0.6 is 24.0 Å². The highest BCUT2D eigenvalue weighted by molar-refractivity contribution is 14.0. The molecular formula is C18H25IN4O3. The molecule has 1 aromatic heterocycles. The molecule has 1 heterocycles. The van der Waals surface area contributed by atoms with Crippen LogP contribution in [0.2, 0.25) is 0 Å². The number of nitrogens with two attached hydrogens (primary N) is 1. The first kappa shape index (κ1) is 22.0. The van der Waals surface area contributed by atoms with Crippen molar-refractivity contribution in [3.63, 3.8) is 0 Å². The van der Waals surface area contributed by atoms with Crippen molar-refractivity contribution < 1.29 is 14.2 Å². The first-order valence-corrected chi connectivity index (χ1v) is 7.93. The monoisotopic (exact) mass is 472 g/mol. The fraction of sp³-hybridized carbons (Fsp3) is 0.333. The van der Waals surface area contributed by atoms with E-state index in [9.17, 15) is 0 Å². The molecule has 0 amide bonds. The number of hydrogen-bond acceptors (Lipinski definition) is 5. The molecule has 0 saturated carbocycles. The van der Waals surface area contributed by atoms with Gasteiger partial charge in [0.25, 0.3) is 0 Å². The minimum absolute atomic E-state index is 0. The number of guanidine groups is 1. The Labute approximate surface area is 171 Å². The van der Waals surface area contributed by atoms with Gasteiger partial charge in [-0.15, -0.1) is 24.0 Å². The predicted molar refractivity (Wildman–Crippen MR) is 113 cm³/mol. The lowest BCUT2D eigenvalue weighted by Gasteiger charge is -2.13. The number of pyridine rings is 1. The fourth-order valence-electron chi connectivity index (χ4n) is 2.12. The smallest absolute Gasteiger partial charge is 0.219 e. The Morgan fingerprint density at radius 1 is 1.23 bits per heavy atom. The highest BCUT2D eigenvalue weighted by atomic mass is 127. The lowest BCUT2D eigenvalue weighted by Crippen LogP contribution is -2.40. The number of benzene rings is 1. The maximum absolute atomic E-state index is 5.84. The molecule has 0 aliphatic heterocycles. The van der Waals surface area contributed by atoms with Gasteiger partial charge in [-0.05, 0) is 24.6 Å². The average Bonchev–Trinajstić information content (AvgIpc) is 2.61. The second kappa shape index (κ2) is 11.5. The number of ether oxygens (including phenoxy) is 3. The summed E-state index contributed by atoms with van der Waals surface area (Å²) in [6.07, 6.45) is 1.71. The SMILES string of the molecule is COCC(C)NC(N)=NCc1ccc(Oc2cccc(OC)c2)nc1.I. The van der Waals surface area contributed by atoms with Crippen LogP contribution in [-0.2, 0) is 11.3 Å². The minimum atomic E-state index is 0. The van der Waals surface area contributed by atoms with Crippen molar-refractivity contribution in [2.75, 3.05) is 20.8 Å². The van der Waals surface area contributed by atoms with Gasteiger partial charge in [-0.2, -0.15) is 0 Å². The zero-order valence-corrected chi connectivity index (χ0v) is 17.5. The second-order valence-corrected chi connectivity index (χ2v) is 5.49. The summed E-state index contributed by atoms with van der Waals surface area (Å²) in [6.45, 7) is 2.97. The van der Waals surface area contributed by atoms with E-state index in [2.05, 4.69) is 15.3 Å². The molecule has 142 valence electrons. The van der Waals surface area contributed by atoms with Crippen LogP contribution in [0.4, 0.5) is 0 Å². The normalized spacial score (nSPS) is 12.0. The van der Waals surface area contributed by atoms with Gasteiger partial charge in [0.15, 0.2) is 5.96 Å². The van der Waals surface area contributed by atoms with Crippen molar-refractivity contribution in [3.05, 3.63) is 48.2 Å². The van der Waals surface area contributed by atoms with Gasteiger partial charge in [-0.1, -0.05) is 12.1 Å². The highest BCUT2D eigenvalue weighted by Gasteiger charge is 2.03. The summed E-state index contributed by atoms with van der Waals surface area (Å²) in [4.78, 5) is 8.57. The first-order valence-electron chi connectivity index (χ1n) is 7.93. The van der Waals surface area contributed by atoms with Crippen LogP contribution in [0.15, 0.2) is 47.6 Å². The highest BCUT2D eigenvalue weighted by Crippen LogP contribution is 2.23. The third kappa shape index (κ3) is 7.44. The molecule has 0 aliphatic carbocycles. The van der Waals surface area contributed by atoms with Gasteiger partial charge < -0.3 is 25.3 Å². The van der Waals surface area contributed by atoms with Crippen LogP contribution in [0.3, 0.4) is 0 Å². The second-order valence-electron chi connectivity index (χ2n) is 5.49. The van der Waals surface area contributed by atoms with Crippen molar-refractivity contribution in [2.45, 2.75) is 19.5 Å². The Morgan fingerprint density at radius 2 is 2.00 bits per heavy atom. The van der Waals surface area contributed by atoms with Crippen LogP contribution in [-0.4, -0.2) is 37.8 Å². The van der Waals surface area contributed by atoms with Crippen LogP contribution in [0.1, 0.15) is 12.5 Å². The molecule has 8 heteroatoms. The van der Waals surface area contributed by atoms with Crippen LogP contribution in [0.5, 0.6) is 17.4 Å². The number of halogens is 1. The van der Waals surface area contributed by atoms with Crippen LogP contribution in [0, 0.1) is 0 Å². The molecule has 0 spiro atoms. The fourth-order valence-corrected chi connectivity index (χ4v) is 2.12. The third-order valence-corrected chi connectivity index (χ3v) is 3.30. The summed E-state index contributed by atoms with van der Waals surface area (Å²) in [5.41, 5.74) is 6.77. The molecule has 7 nitrogen and oxygen atoms in total. The molecule has 0 bridgehead atoms. The summed E-state index contributed by atoms with van der Waals surface area (Å²) in [5, 5.41) is 3.05. The molecule has 2 aromatic rings. The van der Waals surface area contributed by atoms with E-state index in [1.54, 1.807) is 32.5 Å². The summed E-state index contributed by atoms with van der Waals surface area (Å²) in [5.74, 6) is 2.27. The van der Waals surface area contributed by atoms with E-state index in [0.29, 0.717) is 30.7 Å². The van der Waals surface area contributed by atoms with E-state index in [1.807, 2.05) is 31.2 Å². The summed E-state index contributed by atoms with van der Waals surface area (Å²) < 4.78 is 15.9. The number of aliphatic imine (C=N–C) groups is 1. The molecule has 26 heavy (non-hydrogen) atoms. The Morgan fingerprint density at radius 3 is 2.65 bits per heavy atom. The van der Waals surface area contributed by atoms with E-state index >= 15 is 0 Å². The quantitative estimate of drug-likeness (QED) is 0.349. The number of methoxy groups -OCH3 is 2. The van der Waals surface area contributed by atoms with Crippen molar-refractivity contribution in [2.24, 2.45) is 10.7 Å². The van der Waals surface area contributed by atoms with Crippen molar-refractivity contribution >= 4 is 29.9 Å². The minimum Gasteiger partial charge on any atom is -0.497 e. The summed E-state index contributed by atoms with van der Waals surface area (Å²) >= 11 is 0. The van der Waals surface area contributed by atoms with Gasteiger partial charge in [0.05, 0.1) is 20.3 Å². The van der Waals surface area contributed by atoms with Gasteiger partial charge in [-0.25, -0.2) is 9.98 Å². The Balaban J connectivity index is 0.00000338. The molecule has 1 atom stereocenters. The molecule has 1 unspecified atom stereocenters. The largest absolute Gasteiger partial charge is 0.497 e. The van der Waals surface area contributed by atoms with Crippen LogP contribution < -0.4 is 20.5 Å². The number of rotatable bonds is 8. The van der Waals surface area contributed by atoms with Crippen molar-refractivity contribution in [3.8, 4) is 17.4 Å². The van der Waals surface area contributed by atoms with E-state index in [-0.39, 0.29) is 30.0 Å². The lowest BCUT2D eigenvalue weighted by atomic mass is 10.3. The zero-order chi connectivity index (χ0) is 18.1. The topological polar surface area (TPSA) is 91.0 Å². The van der Waals surface area contributed by atoms with Gasteiger partial charge in [-0.3, -0.25) is 0 Å². The van der Waals surface area contributed by atoms with Crippen molar-refractivity contribution in [1.29, 1.82) is 0 Å². The zero-order valence-electron chi connectivity index (χ0n) is 15.1. The molecule has 0 aliphatic rings. The first-order chi connectivity index (χ1) is 12.1. The lowest BCUT2D eigenvalue weighted by molar-refractivity contribution is 0.179. The van der Waals surface area contributed by atoms with E-state index in [0.717, 1.165) is 11.3 Å². The Bertz CT molecular complexity index is 695. The van der Waals surface area contributed by atoms with Crippen LogP contribution in [0.25, 0.3) is 0 Å². The molecule has 0 fully saturated rings. The molecule has 3 N–H and O–H groups in total. The molecule has 0 saturated heterocycles. The number of nitrogens with one attached hydrogen (secondary N) is 1. The maximum Gasteiger partial charge on any atom is 0.219 e. The van der Waals surface area contributed by atoms with Gasteiger partial charge in [0, 0.05) is 31.5 Å². The summed E-state index contributed by atoms with van der Waals surface area (Å²) in [6, 6.07) is 11.2. The standard InChI is InChI=1S/C18H24N4O3.HI/c1-13(12-23-2)22-18(19)21-11-14-7-8-17(20-10-14)25-16-6-4-5-15(9-16)24-3;/h4-10,13H,11-12H2,1-3H3,(H3,19,21,22);1H. The Hall–Kier alpha value is -2.07. The number of hydrogen-bond donors (Lipinski definition) is 2. The number of nitrogens with zero attached hydrogens (tertiary/aromatic N) is 2. The maximum atomic E-state index is 5.84. The average molecular weight is 472 g/mol. The van der Waals surface area contributed by atoms with E-state index < -0.39 is 0 Å². The number of aromatic nitrogens is 1. The van der Waals surface area contributed by atoms with E-state index in [1.165, 1.54) is 0 Å². The molecular weight excluding hydrogens is 447 g/mol. The van der Waals surface area contributed by atoms with Gasteiger partial charge >= 0.3 is 0 Å². The predicted octanol–water partition coefficient (Wildman–Crippen LogP) is 2.94. The molecule has 1 aromatic carbocycles. The third-order valence-electron chi connectivity index (χ3n) is 3.30. The van der Waals surface area contributed by atoms with Crippen molar-refractivity contribution in [1.82, 2.24) is 10.3 Å². The van der Waals surface area contributed by atoms with E-state index in [4.69, 9.17) is 19.9 Å². The van der Waals surface area contributed by atoms with Gasteiger partial charge in [0.1, 0.15) is 11.5 Å². The Kier molecular flexibility index (Phi) is 9.74. The molecule has 0 radical (unpaired) electrons. The van der Waals surface area contributed by atoms with Gasteiger partial charge in [0.2, 0.25) is 5.88 Å². The molecule has 2 rings (SSSR count).